The van der Waals surface area contributed by atoms with Crippen molar-refractivity contribution in [3.63, 3.8) is 0 Å². The van der Waals surface area contributed by atoms with Crippen LogP contribution in [-0.2, 0) is 0 Å². The minimum atomic E-state index is 0.117. The predicted molar refractivity (Wildman–Crippen MR) is 77.8 cm³/mol. The zero-order valence-electron chi connectivity index (χ0n) is 11.8. The van der Waals surface area contributed by atoms with E-state index in [1.54, 1.807) is 18.2 Å². The predicted octanol–water partition coefficient (Wildman–Crippen LogP) is 4.11. The number of hydrogen-bond donors (Lipinski definition) is 2. The van der Waals surface area contributed by atoms with Gasteiger partial charge in [-0.1, -0.05) is 26.0 Å². The lowest BCUT2D eigenvalue weighted by Crippen LogP contribution is -1.86. The van der Waals surface area contributed by atoms with Crippen molar-refractivity contribution < 1.29 is 14.9 Å². The quantitative estimate of drug-likeness (QED) is 0.854. The van der Waals surface area contributed by atoms with Gasteiger partial charge in [-0.2, -0.15) is 0 Å². The number of rotatable bonds is 2. The van der Waals surface area contributed by atoms with E-state index in [0.29, 0.717) is 5.75 Å². The molecule has 0 amide bonds. The molecule has 2 N–H and O–H groups in total. The molecule has 0 atom stereocenters. The Morgan fingerprint density at radius 1 is 0.842 bits per heavy atom. The van der Waals surface area contributed by atoms with Crippen molar-refractivity contribution in [1.29, 1.82) is 0 Å². The van der Waals surface area contributed by atoms with Gasteiger partial charge in [0, 0.05) is 0 Å². The molecular weight excluding hydrogens is 240 g/mol. The number of aryl methyl sites for hydroxylation is 1. The molecule has 19 heavy (non-hydrogen) atoms. The Bertz CT molecular complexity index is 548. The summed E-state index contributed by atoms with van der Waals surface area (Å²) in [5, 5.41) is 19.0. The Balaban J connectivity index is 0.000000861. The second-order valence-electron chi connectivity index (χ2n) is 3.89. The standard InChI is InChI=1S/C14H14O3.C2H6/c1-9-7-10(3-5-12(9)15)11-4-6-13(16)14(8-11)17-2;1-2/h3-8,15-16H,1-2H3;1-2H3. The maximum atomic E-state index is 9.52. The van der Waals surface area contributed by atoms with Crippen molar-refractivity contribution in [3.8, 4) is 28.4 Å². The molecule has 2 rings (SSSR count). The molecule has 0 spiro atoms. The third-order valence-corrected chi connectivity index (χ3v) is 2.71. The lowest BCUT2D eigenvalue weighted by molar-refractivity contribution is 0.373. The summed E-state index contributed by atoms with van der Waals surface area (Å²) in [6.45, 7) is 5.84. The summed E-state index contributed by atoms with van der Waals surface area (Å²) in [7, 11) is 1.51. The van der Waals surface area contributed by atoms with Gasteiger partial charge in [0.15, 0.2) is 11.5 Å². The summed E-state index contributed by atoms with van der Waals surface area (Å²) in [4.78, 5) is 0. The van der Waals surface area contributed by atoms with Crippen LogP contribution in [0.2, 0.25) is 0 Å². The van der Waals surface area contributed by atoms with Crippen LogP contribution in [0.3, 0.4) is 0 Å². The third-order valence-electron chi connectivity index (χ3n) is 2.71. The van der Waals surface area contributed by atoms with Crippen LogP contribution in [0.15, 0.2) is 36.4 Å². The molecule has 0 aliphatic heterocycles. The molecule has 0 heterocycles. The zero-order valence-corrected chi connectivity index (χ0v) is 11.8. The van der Waals surface area contributed by atoms with Crippen LogP contribution in [0.5, 0.6) is 17.2 Å². The molecule has 102 valence electrons. The fourth-order valence-electron chi connectivity index (χ4n) is 1.69. The lowest BCUT2D eigenvalue weighted by Gasteiger charge is -2.08. The van der Waals surface area contributed by atoms with Crippen LogP contribution >= 0.6 is 0 Å². The molecular formula is C16H20O3. The maximum Gasteiger partial charge on any atom is 0.161 e. The molecule has 3 nitrogen and oxygen atoms in total. The summed E-state index contributed by atoms with van der Waals surface area (Å²) < 4.78 is 5.06. The minimum absolute atomic E-state index is 0.117. The van der Waals surface area contributed by atoms with Crippen molar-refractivity contribution in [1.82, 2.24) is 0 Å². The Labute approximate surface area is 114 Å². The first-order chi connectivity index (χ1) is 9.11. The Morgan fingerprint density at radius 2 is 1.37 bits per heavy atom. The molecule has 2 aromatic carbocycles. The summed E-state index contributed by atoms with van der Waals surface area (Å²) in [5.74, 6) is 0.833. The fraction of sp³-hybridized carbons (Fsp3) is 0.250. The molecule has 0 saturated heterocycles. The van der Waals surface area contributed by atoms with Gasteiger partial charge in [-0.15, -0.1) is 0 Å². The topological polar surface area (TPSA) is 49.7 Å². The van der Waals surface area contributed by atoms with Crippen LogP contribution < -0.4 is 4.74 Å². The summed E-state index contributed by atoms with van der Waals surface area (Å²) in [5.41, 5.74) is 2.72. The Hall–Kier alpha value is -2.16. The smallest absolute Gasteiger partial charge is 0.161 e. The van der Waals surface area contributed by atoms with Crippen molar-refractivity contribution in [2.45, 2.75) is 20.8 Å². The molecule has 0 radical (unpaired) electrons. The number of phenolic OH excluding ortho intramolecular Hbond substituents is 2. The molecule has 0 bridgehead atoms. The molecule has 3 heteroatoms. The number of phenols is 2. The van der Waals surface area contributed by atoms with E-state index in [2.05, 4.69) is 0 Å². The fourth-order valence-corrected chi connectivity index (χ4v) is 1.69. The van der Waals surface area contributed by atoms with Gasteiger partial charge in [0.1, 0.15) is 5.75 Å². The lowest BCUT2D eigenvalue weighted by atomic mass is 10.0. The van der Waals surface area contributed by atoms with Crippen LogP contribution in [0, 0.1) is 6.92 Å². The van der Waals surface area contributed by atoms with E-state index in [0.717, 1.165) is 16.7 Å². The number of aromatic hydroxyl groups is 2. The van der Waals surface area contributed by atoms with Crippen molar-refractivity contribution >= 4 is 0 Å². The third kappa shape index (κ3) is 3.41. The molecule has 0 aliphatic rings. The van der Waals surface area contributed by atoms with E-state index >= 15 is 0 Å². The van der Waals surface area contributed by atoms with E-state index in [1.807, 2.05) is 39.0 Å². The van der Waals surface area contributed by atoms with Crippen molar-refractivity contribution in [3.05, 3.63) is 42.0 Å². The van der Waals surface area contributed by atoms with Crippen LogP contribution in [0.25, 0.3) is 11.1 Å². The van der Waals surface area contributed by atoms with Gasteiger partial charge >= 0.3 is 0 Å². The van der Waals surface area contributed by atoms with E-state index in [4.69, 9.17) is 4.74 Å². The van der Waals surface area contributed by atoms with Crippen molar-refractivity contribution in [2.24, 2.45) is 0 Å². The summed E-state index contributed by atoms with van der Waals surface area (Å²) in [6, 6.07) is 10.5. The van der Waals surface area contributed by atoms with Gasteiger partial charge in [0.2, 0.25) is 0 Å². The van der Waals surface area contributed by atoms with Crippen LogP contribution in [-0.4, -0.2) is 17.3 Å². The number of hydrogen-bond acceptors (Lipinski definition) is 3. The van der Waals surface area contributed by atoms with Gasteiger partial charge in [-0.05, 0) is 47.9 Å². The highest BCUT2D eigenvalue weighted by atomic mass is 16.5. The Morgan fingerprint density at radius 3 is 1.89 bits per heavy atom. The molecule has 0 unspecified atom stereocenters. The normalized spacial score (nSPS) is 9.47. The monoisotopic (exact) mass is 260 g/mol. The summed E-state index contributed by atoms with van der Waals surface area (Å²) >= 11 is 0. The van der Waals surface area contributed by atoms with Gasteiger partial charge in [0.05, 0.1) is 7.11 Å². The molecule has 0 fully saturated rings. The highest BCUT2D eigenvalue weighted by molar-refractivity contribution is 5.68. The average molecular weight is 260 g/mol. The molecule has 0 saturated carbocycles. The van der Waals surface area contributed by atoms with Crippen LogP contribution in [0.4, 0.5) is 0 Å². The highest BCUT2D eigenvalue weighted by Crippen LogP contribution is 2.32. The average Bonchev–Trinajstić information content (AvgIpc) is 2.45. The molecule has 0 aliphatic carbocycles. The van der Waals surface area contributed by atoms with Gasteiger partial charge < -0.3 is 14.9 Å². The minimum Gasteiger partial charge on any atom is -0.508 e. The van der Waals surface area contributed by atoms with Gasteiger partial charge in [0.25, 0.3) is 0 Å². The second-order valence-corrected chi connectivity index (χ2v) is 3.89. The SMILES string of the molecule is CC.COc1cc(-c2ccc(O)c(C)c2)ccc1O. The summed E-state index contributed by atoms with van der Waals surface area (Å²) in [6.07, 6.45) is 0. The van der Waals surface area contributed by atoms with Crippen LogP contribution in [0.1, 0.15) is 19.4 Å². The largest absolute Gasteiger partial charge is 0.508 e. The molecule has 2 aromatic rings. The zero-order chi connectivity index (χ0) is 14.4. The maximum absolute atomic E-state index is 9.52. The van der Waals surface area contributed by atoms with E-state index in [9.17, 15) is 10.2 Å². The van der Waals surface area contributed by atoms with Gasteiger partial charge in [-0.25, -0.2) is 0 Å². The van der Waals surface area contributed by atoms with Crippen molar-refractivity contribution in [2.75, 3.05) is 7.11 Å². The van der Waals surface area contributed by atoms with E-state index in [-0.39, 0.29) is 11.5 Å². The first-order valence-electron chi connectivity index (χ1n) is 6.29. The van der Waals surface area contributed by atoms with E-state index < -0.39 is 0 Å². The first-order valence-corrected chi connectivity index (χ1v) is 6.29. The van der Waals surface area contributed by atoms with E-state index in [1.165, 1.54) is 7.11 Å². The second kappa shape index (κ2) is 6.69. The molecule has 0 aromatic heterocycles. The number of ether oxygens (including phenoxy) is 1. The Kier molecular flexibility index (Phi) is 5.24. The first kappa shape index (κ1) is 14.9. The number of methoxy groups -OCH3 is 1. The van der Waals surface area contributed by atoms with Gasteiger partial charge in [-0.3, -0.25) is 0 Å². The highest BCUT2D eigenvalue weighted by Gasteiger charge is 2.05. The number of benzene rings is 2.